The molecular weight excluding hydrogens is 420 g/mol. The van der Waals surface area contributed by atoms with Gasteiger partial charge in [-0.1, -0.05) is 6.42 Å². The predicted octanol–water partition coefficient (Wildman–Crippen LogP) is 4.31. The fourth-order valence-corrected chi connectivity index (χ4v) is 10.3. The molecule has 0 aromatic heterocycles. The molecule has 4 aliphatic heterocycles. The monoisotopic (exact) mass is 452 g/mol. The first-order valence-electron chi connectivity index (χ1n) is 12.0. The van der Waals surface area contributed by atoms with Gasteiger partial charge in [0.2, 0.25) is 0 Å². The van der Waals surface area contributed by atoms with Crippen molar-refractivity contribution >= 4 is 27.2 Å². The molecule has 0 N–H and O–H groups in total. The van der Waals surface area contributed by atoms with Crippen molar-refractivity contribution in [2.45, 2.75) is 29.1 Å². The van der Waals surface area contributed by atoms with Crippen LogP contribution in [0.3, 0.4) is 0 Å². The fraction of sp³-hybridized carbons (Fsp3) is 0.500. The highest BCUT2D eigenvalue weighted by Gasteiger charge is 2.41. The second kappa shape index (κ2) is 8.40. The summed E-state index contributed by atoms with van der Waals surface area (Å²) in [5.41, 5.74) is 4.41. The van der Waals surface area contributed by atoms with Gasteiger partial charge in [-0.2, -0.15) is 10.0 Å². The van der Waals surface area contributed by atoms with Crippen molar-refractivity contribution in [2.24, 2.45) is 0 Å². The van der Waals surface area contributed by atoms with E-state index >= 15 is 0 Å². The molecule has 1 spiro atoms. The SMILES string of the molecule is O=C1c2ccc(N3CCOCC3)cc2S2(CCCCC2)c2cc(N3CCOCC3)ccc21. The van der Waals surface area contributed by atoms with Gasteiger partial charge in [-0.15, -0.1) is 0 Å². The van der Waals surface area contributed by atoms with E-state index in [2.05, 4.69) is 46.2 Å². The second-order valence-corrected chi connectivity index (χ2v) is 12.7. The summed E-state index contributed by atoms with van der Waals surface area (Å²) in [6.07, 6.45) is 3.82. The summed E-state index contributed by atoms with van der Waals surface area (Å²) in [6.45, 7) is 6.80. The minimum atomic E-state index is -1.21. The summed E-state index contributed by atoms with van der Waals surface area (Å²) in [6, 6.07) is 13.3. The Bertz CT molecular complexity index is 948. The van der Waals surface area contributed by atoms with Crippen LogP contribution in [-0.2, 0) is 9.47 Å². The highest BCUT2D eigenvalue weighted by molar-refractivity contribution is 8.34. The lowest BCUT2D eigenvalue weighted by Gasteiger charge is -2.48. The quantitative estimate of drug-likeness (QED) is 0.679. The molecule has 2 aromatic rings. The van der Waals surface area contributed by atoms with Crippen molar-refractivity contribution in [3.63, 3.8) is 0 Å². The van der Waals surface area contributed by atoms with Gasteiger partial charge in [-0.3, -0.25) is 4.79 Å². The smallest absolute Gasteiger partial charge is 0.195 e. The maximum absolute atomic E-state index is 13.7. The van der Waals surface area contributed by atoms with Gasteiger partial charge < -0.3 is 19.3 Å². The number of ether oxygens (including phenoxy) is 2. The molecule has 0 saturated carbocycles. The van der Waals surface area contributed by atoms with Crippen LogP contribution in [0.4, 0.5) is 11.4 Å². The van der Waals surface area contributed by atoms with Crippen molar-refractivity contribution < 1.29 is 14.3 Å². The normalized spacial score (nSPS) is 23.6. The summed E-state index contributed by atoms with van der Waals surface area (Å²) in [7, 11) is -1.21. The Balaban J connectivity index is 1.48. The van der Waals surface area contributed by atoms with E-state index in [0.717, 1.165) is 63.7 Å². The molecule has 4 heterocycles. The summed E-state index contributed by atoms with van der Waals surface area (Å²) in [5.74, 6) is 2.62. The molecule has 0 bridgehead atoms. The van der Waals surface area contributed by atoms with Gasteiger partial charge in [0.05, 0.1) is 26.4 Å². The zero-order chi connectivity index (χ0) is 21.5. The number of hydrogen-bond acceptors (Lipinski definition) is 5. The van der Waals surface area contributed by atoms with Gasteiger partial charge in [0.1, 0.15) is 0 Å². The van der Waals surface area contributed by atoms with Crippen LogP contribution >= 0.6 is 10.0 Å². The number of rotatable bonds is 2. The summed E-state index contributed by atoms with van der Waals surface area (Å²) in [5, 5.41) is 0. The van der Waals surface area contributed by atoms with Crippen LogP contribution in [0, 0.1) is 0 Å². The molecule has 6 rings (SSSR count). The number of ketones is 1. The minimum Gasteiger partial charge on any atom is -0.378 e. The number of carbonyl (C=O) groups excluding carboxylic acids is 1. The first kappa shape index (κ1) is 20.6. The van der Waals surface area contributed by atoms with E-state index in [1.54, 1.807) is 0 Å². The third kappa shape index (κ3) is 3.35. The van der Waals surface area contributed by atoms with E-state index in [1.807, 2.05) is 0 Å². The molecule has 0 radical (unpaired) electrons. The number of morpholine rings is 2. The van der Waals surface area contributed by atoms with Crippen LogP contribution in [0.2, 0.25) is 0 Å². The van der Waals surface area contributed by atoms with Gasteiger partial charge in [-0.05, 0) is 60.7 Å². The Morgan fingerprint density at radius 1 is 0.656 bits per heavy atom. The molecule has 3 fully saturated rings. The van der Waals surface area contributed by atoms with Gasteiger partial charge in [0.25, 0.3) is 0 Å². The standard InChI is InChI=1S/C26H32N2O3S/c29-26-22-6-4-20(27-8-12-30-13-9-27)18-24(22)32(16-2-1-3-17-32)25-19-21(5-7-23(25)26)28-10-14-31-15-11-28/h4-7,18-19H,1-3,8-17H2. The summed E-state index contributed by atoms with van der Waals surface area (Å²) < 4.78 is 11.1. The van der Waals surface area contributed by atoms with Crippen molar-refractivity contribution in [3.8, 4) is 0 Å². The van der Waals surface area contributed by atoms with Gasteiger partial charge in [0.15, 0.2) is 5.78 Å². The minimum absolute atomic E-state index is 0.209. The van der Waals surface area contributed by atoms with E-state index < -0.39 is 10.0 Å². The van der Waals surface area contributed by atoms with Gasteiger partial charge in [0, 0.05) is 58.5 Å². The molecule has 2 aromatic carbocycles. The van der Waals surface area contributed by atoms with E-state index in [1.165, 1.54) is 51.9 Å². The second-order valence-electron chi connectivity index (χ2n) is 9.24. The van der Waals surface area contributed by atoms with E-state index in [-0.39, 0.29) is 5.78 Å². The maximum Gasteiger partial charge on any atom is 0.195 e. The third-order valence-corrected chi connectivity index (χ3v) is 11.8. The number of anilines is 2. The highest BCUT2D eigenvalue weighted by atomic mass is 32.3. The van der Waals surface area contributed by atoms with E-state index in [4.69, 9.17) is 9.47 Å². The number of nitrogens with zero attached hydrogens (tertiary/aromatic N) is 2. The van der Waals surface area contributed by atoms with Crippen LogP contribution in [0.15, 0.2) is 46.2 Å². The van der Waals surface area contributed by atoms with E-state index in [0.29, 0.717) is 0 Å². The lowest BCUT2D eigenvalue weighted by Crippen LogP contribution is -2.37. The average Bonchev–Trinajstić information content (AvgIpc) is 2.88. The Morgan fingerprint density at radius 2 is 1.12 bits per heavy atom. The number of carbonyl (C=O) groups is 1. The number of hydrogen-bond donors (Lipinski definition) is 0. The summed E-state index contributed by atoms with van der Waals surface area (Å²) >= 11 is 0. The lowest BCUT2D eigenvalue weighted by atomic mass is 10.0. The molecule has 3 saturated heterocycles. The molecule has 0 unspecified atom stereocenters. The first-order chi connectivity index (χ1) is 15.8. The van der Waals surface area contributed by atoms with Crippen molar-refractivity contribution in [1.29, 1.82) is 0 Å². The zero-order valence-electron chi connectivity index (χ0n) is 18.7. The molecule has 6 heteroatoms. The molecule has 4 aliphatic rings. The van der Waals surface area contributed by atoms with Crippen molar-refractivity contribution in [3.05, 3.63) is 47.5 Å². The van der Waals surface area contributed by atoms with Gasteiger partial charge in [-0.25, -0.2) is 0 Å². The van der Waals surface area contributed by atoms with E-state index in [9.17, 15) is 4.79 Å². The molecule has 0 amide bonds. The molecule has 0 aliphatic carbocycles. The number of benzene rings is 2. The van der Waals surface area contributed by atoms with Crippen LogP contribution in [-0.4, -0.2) is 69.9 Å². The van der Waals surface area contributed by atoms with Crippen molar-refractivity contribution in [1.82, 2.24) is 0 Å². The third-order valence-electron chi connectivity index (χ3n) is 7.50. The van der Waals surface area contributed by atoms with Crippen LogP contribution < -0.4 is 9.80 Å². The molecular formula is C26H32N2O3S. The highest BCUT2D eigenvalue weighted by Crippen LogP contribution is 2.69. The topological polar surface area (TPSA) is 42.0 Å². The van der Waals surface area contributed by atoms with Gasteiger partial charge >= 0.3 is 0 Å². The Kier molecular flexibility index (Phi) is 5.40. The Morgan fingerprint density at radius 3 is 1.59 bits per heavy atom. The van der Waals surface area contributed by atoms with Crippen LogP contribution in [0.1, 0.15) is 35.2 Å². The first-order valence-corrected chi connectivity index (χ1v) is 14.0. The Hall–Kier alpha value is -2.02. The zero-order valence-corrected chi connectivity index (χ0v) is 19.5. The number of fused-ring (bicyclic) bond motifs is 4. The molecule has 32 heavy (non-hydrogen) atoms. The molecule has 5 nitrogen and oxygen atoms in total. The molecule has 170 valence electrons. The molecule has 0 atom stereocenters. The Labute approximate surface area is 192 Å². The average molecular weight is 453 g/mol. The summed E-state index contributed by atoms with van der Waals surface area (Å²) in [4.78, 5) is 21.2. The fourth-order valence-electron chi connectivity index (χ4n) is 5.76. The van der Waals surface area contributed by atoms with Crippen LogP contribution in [0.5, 0.6) is 0 Å². The van der Waals surface area contributed by atoms with Crippen molar-refractivity contribution in [2.75, 3.05) is 73.9 Å². The predicted molar refractivity (Wildman–Crippen MR) is 130 cm³/mol. The van der Waals surface area contributed by atoms with Crippen LogP contribution in [0.25, 0.3) is 0 Å². The maximum atomic E-state index is 13.7. The largest absolute Gasteiger partial charge is 0.378 e. The lowest BCUT2D eigenvalue weighted by molar-refractivity contribution is 0.103.